The summed E-state index contributed by atoms with van der Waals surface area (Å²) in [6.07, 6.45) is 6.50. The Kier molecular flexibility index (Phi) is 7.73. The van der Waals surface area contributed by atoms with E-state index in [1.807, 2.05) is 12.1 Å². The summed E-state index contributed by atoms with van der Waals surface area (Å²) in [6.45, 7) is 5.28. The summed E-state index contributed by atoms with van der Waals surface area (Å²) >= 11 is 12.0. The van der Waals surface area contributed by atoms with Gasteiger partial charge in [-0.15, -0.1) is 0 Å². The van der Waals surface area contributed by atoms with Gasteiger partial charge in [0.25, 0.3) is 0 Å². The zero-order chi connectivity index (χ0) is 13.4. The van der Waals surface area contributed by atoms with E-state index in [0.717, 1.165) is 17.1 Å². The Morgan fingerprint density at radius 2 is 1.94 bits per heavy atom. The molecule has 0 aromatic heterocycles. The number of nitrogens with one attached hydrogen (secondary N) is 1. The van der Waals surface area contributed by atoms with E-state index in [0.29, 0.717) is 11.1 Å². The third kappa shape index (κ3) is 6.08. The van der Waals surface area contributed by atoms with Crippen LogP contribution in [0.5, 0.6) is 0 Å². The molecule has 0 aliphatic heterocycles. The molecule has 18 heavy (non-hydrogen) atoms. The first-order valence-corrected chi connectivity index (χ1v) is 7.56. The highest BCUT2D eigenvalue weighted by molar-refractivity contribution is 6.35. The third-order valence-electron chi connectivity index (χ3n) is 3.15. The molecule has 0 aliphatic rings. The Bertz CT molecular complexity index is 352. The summed E-state index contributed by atoms with van der Waals surface area (Å²) in [6, 6.07) is 6.21. The minimum Gasteiger partial charge on any atom is -0.310 e. The van der Waals surface area contributed by atoms with Gasteiger partial charge in [-0.05, 0) is 31.0 Å². The molecule has 102 valence electrons. The summed E-state index contributed by atoms with van der Waals surface area (Å²) in [5.41, 5.74) is 1.11. The fraction of sp³-hybridized carbons (Fsp3) is 0.600. The SMILES string of the molecule is CCCCCCC(C)NCc1ccc(Cl)cc1Cl. The molecule has 1 nitrogen and oxygen atoms in total. The molecular weight excluding hydrogens is 265 g/mol. The molecule has 0 bridgehead atoms. The molecule has 1 N–H and O–H groups in total. The van der Waals surface area contributed by atoms with Gasteiger partial charge in [0.15, 0.2) is 0 Å². The molecule has 0 heterocycles. The average Bonchev–Trinajstić information content (AvgIpc) is 2.33. The van der Waals surface area contributed by atoms with E-state index in [9.17, 15) is 0 Å². The van der Waals surface area contributed by atoms with E-state index >= 15 is 0 Å². The van der Waals surface area contributed by atoms with Gasteiger partial charge in [0.2, 0.25) is 0 Å². The maximum absolute atomic E-state index is 6.13. The summed E-state index contributed by atoms with van der Waals surface area (Å²) in [7, 11) is 0. The molecule has 3 heteroatoms. The van der Waals surface area contributed by atoms with E-state index in [4.69, 9.17) is 23.2 Å². The smallest absolute Gasteiger partial charge is 0.0465 e. The first kappa shape index (κ1) is 15.8. The van der Waals surface area contributed by atoms with Crippen LogP contribution in [0.1, 0.15) is 51.5 Å². The fourth-order valence-corrected chi connectivity index (χ4v) is 2.40. The molecule has 0 amide bonds. The molecule has 0 spiro atoms. The lowest BCUT2D eigenvalue weighted by Crippen LogP contribution is -2.25. The van der Waals surface area contributed by atoms with Crippen LogP contribution in [0.3, 0.4) is 0 Å². The van der Waals surface area contributed by atoms with E-state index < -0.39 is 0 Å². The normalized spacial score (nSPS) is 12.7. The highest BCUT2D eigenvalue weighted by Gasteiger charge is 2.04. The van der Waals surface area contributed by atoms with Crippen LogP contribution in [0.15, 0.2) is 18.2 Å². The minimum atomic E-state index is 0.536. The van der Waals surface area contributed by atoms with Crippen LogP contribution in [0.4, 0.5) is 0 Å². The van der Waals surface area contributed by atoms with Gasteiger partial charge in [-0.2, -0.15) is 0 Å². The molecule has 0 radical (unpaired) electrons. The van der Waals surface area contributed by atoms with Crippen molar-refractivity contribution in [2.75, 3.05) is 0 Å². The Morgan fingerprint density at radius 3 is 2.61 bits per heavy atom. The van der Waals surface area contributed by atoms with Crippen molar-refractivity contribution in [3.63, 3.8) is 0 Å². The number of unbranched alkanes of at least 4 members (excludes halogenated alkanes) is 3. The number of benzene rings is 1. The molecule has 0 fully saturated rings. The second-order valence-electron chi connectivity index (χ2n) is 4.87. The lowest BCUT2D eigenvalue weighted by molar-refractivity contribution is 0.483. The molecule has 0 saturated heterocycles. The molecular formula is C15H23Cl2N. The van der Waals surface area contributed by atoms with Crippen molar-refractivity contribution >= 4 is 23.2 Å². The van der Waals surface area contributed by atoms with Gasteiger partial charge in [0, 0.05) is 22.6 Å². The summed E-state index contributed by atoms with van der Waals surface area (Å²) < 4.78 is 0. The standard InChI is InChI=1S/C15H23Cl2N/c1-3-4-5-6-7-12(2)18-11-13-8-9-14(16)10-15(13)17/h8-10,12,18H,3-7,11H2,1-2H3. The fourth-order valence-electron chi connectivity index (χ4n) is 1.93. The highest BCUT2D eigenvalue weighted by atomic mass is 35.5. The van der Waals surface area contributed by atoms with Gasteiger partial charge in [0.1, 0.15) is 0 Å². The van der Waals surface area contributed by atoms with Crippen LogP contribution < -0.4 is 5.32 Å². The van der Waals surface area contributed by atoms with Crippen molar-refractivity contribution in [1.29, 1.82) is 0 Å². The predicted octanol–water partition coefficient (Wildman–Crippen LogP) is 5.44. The van der Waals surface area contributed by atoms with Crippen molar-refractivity contribution < 1.29 is 0 Å². The Balaban J connectivity index is 2.27. The number of hydrogen-bond donors (Lipinski definition) is 1. The van der Waals surface area contributed by atoms with Crippen molar-refractivity contribution in [2.24, 2.45) is 0 Å². The molecule has 1 atom stereocenters. The number of rotatable bonds is 8. The topological polar surface area (TPSA) is 12.0 Å². The van der Waals surface area contributed by atoms with Gasteiger partial charge in [-0.3, -0.25) is 0 Å². The van der Waals surface area contributed by atoms with Crippen LogP contribution in [0.25, 0.3) is 0 Å². The van der Waals surface area contributed by atoms with Gasteiger partial charge < -0.3 is 5.32 Å². The minimum absolute atomic E-state index is 0.536. The second kappa shape index (κ2) is 8.79. The third-order valence-corrected chi connectivity index (χ3v) is 3.73. The largest absolute Gasteiger partial charge is 0.310 e. The summed E-state index contributed by atoms with van der Waals surface area (Å²) in [5, 5.41) is 4.94. The first-order valence-electron chi connectivity index (χ1n) is 6.80. The maximum atomic E-state index is 6.13. The maximum Gasteiger partial charge on any atom is 0.0465 e. The summed E-state index contributed by atoms with van der Waals surface area (Å²) in [5.74, 6) is 0. The molecule has 1 aromatic rings. The van der Waals surface area contributed by atoms with Crippen molar-refractivity contribution in [3.8, 4) is 0 Å². The van der Waals surface area contributed by atoms with E-state index in [2.05, 4.69) is 19.2 Å². The van der Waals surface area contributed by atoms with Crippen LogP contribution in [-0.4, -0.2) is 6.04 Å². The quantitative estimate of drug-likeness (QED) is 0.628. The Hall–Kier alpha value is -0.240. The lowest BCUT2D eigenvalue weighted by atomic mass is 10.1. The van der Waals surface area contributed by atoms with Crippen molar-refractivity contribution in [2.45, 2.75) is 58.5 Å². The Labute approximate surface area is 121 Å². The second-order valence-corrected chi connectivity index (χ2v) is 5.71. The number of hydrogen-bond acceptors (Lipinski definition) is 1. The van der Waals surface area contributed by atoms with Gasteiger partial charge in [0.05, 0.1) is 0 Å². The Morgan fingerprint density at radius 1 is 1.17 bits per heavy atom. The molecule has 1 unspecified atom stereocenters. The van der Waals surface area contributed by atoms with E-state index in [1.54, 1.807) is 6.07 Å². The van der Waals surface area contributed by atoms with Crippen LogP contribution in [0.2, 0.25) is 10.0 Å². The monoisotopic (exact) mass is 287 g/mol. The van der Waals surface area contributed by atoms with Crippen LogP contribution >= 0.6 is 23.2 Å². The molecule has 1 rings (SSSR count). The van der Waals surface area contributed by atoms with E-state index in [-0.39, 0.29) is 0 Å². The predicted molar refractivity (Wildman–Crippen MR) is 81.5 cm³/mol. The first-order chi connectivity index (χ1) is 8.63. The lowest BCUT2D eigenvalue weighted by Gasteiger charge is -2.14. The van der Waals surface area contributed by atoms with E-state index in [1.165, 1.54) is 32.1 Å². The molecule has 0 aliphatic carbocycles. The van der Waals surface area contributed by atoms with Crippen molar-refractivity contribution in [1.82, 2.24) is 5.32 Å². The zero-order valence-corrected chi connectivity index (χ0v) is 12.8. The molecule has 0 saturated carbocycles. The zero-order valence-electron chi connectivity index (χ0n) is 11.3. The van der Waals surface area contributed by atoms with Crippen LogP contribution in [0, 0.1) is 0 Å². The van der Waals surface area contributed by atoms with Crippen LogP contribution in [-0.2, 0) is 6.54 Å². The van der Waals surface area contributed by atoms with Gasteiger partial charge >= 0.3 is 0 Å². The van der Waals surface area contributed by atoms with Gasteiger partial charge in [-0.1, -0.05) is 61.9 Å². The van der Waals surface area contributed by atoms with Crippen molar-refractivity contribution in [3.05, 3.63) is 33.8 Å². The molecule has 1 aromatic carbocycles. The van der Waals surface area contributed by atoms with Gasteiger partial charge in [-0.25, -0.2) is 0 Å². The summed E-state index contributed by atoms with van der Waals surface area (Å²) in [4.78, 5) is 0. The number of halogens is 2. The average molecular weight is 288 g/mol. The highest BCUT2D eigenvalue weighted by Crippen LogP contribution is 2.21.